The van der Waals surface area contributed by atoms with E-state index in [0.29, 0.717) is 5.92 Å². The first kappa shape index (κ1) is 15.7. The zero-order valence-electron chi connectivity index (χ0n) is 11.7. The van der Waals surface area contributed by atoms with Crippen LogP contribution in [0.15, 0.2) is 28.7 Å². The normalized spacial score (nSPS) is 14.8. The van der Waals surface area contributed by atoms with E-state index in [0.717, 1.165) is 17.6 Å². The largest absolute Gasteiger partial charge is 0.369 e. The van der Waals surface area contributed by atoms with Gasteiger partial charge >= 0.3 is 0 Å². The third-order valence-electron chi connectivity index (χ3n) is 3.15. The van der Waals surface area contributed by atoms with Gasteiger partial charge in [0.05, 0.1) is 12.2 Å². The van der Waals surface area contributed by atoms with Crippen LogP contribution in [0.3, 0.4) is 0 Å². The van der Waals surface area contributed by atoms with Crippen molar-refractivity contribution < 1.29 is 4.74 Å². The van der Waals surface area contributed by atoms with Crippen molar-refractivity contribution in [1.82, 2.24) is 5.32 Å². The highest BCUT2D eigenvalue weighted by atomic mass is 79.9. The summed E-state index contributed by atoms with van der Waals surface area (Å²) < 4.78 is 7.30. The van der Waals surface area contributed by atoms with Gasteiger partial charge in [-0.1, -0.05) is 54.9 Å². The Kier molecular flexibility index (Phi) is 6.90. The van der Waals surface area contributed by atoms with Crippen molar-refractivity contribution in [3.63, 3.8) is 0 Å². The highest BCUT2D eigenvalue weighted by Gasteiger charge is 2.19. The Bertz CT molecular complexity index is 354. The topological polar surface area (TPSA) is 21.3 Å². The second-order valence-electron chi connectivity index (χ2n) is 4.90. The number of likely N-dealkylation sites (N-methyl/N-ethyl adjacent to an activating group) is 1. The predicted octanol–water partition coefficient (Wildman–Crippen LogP) is 4.16. The predicted molar refractivity (Wildman–Crippen MR) is 80.8 cm³/mol. The Balaban J connectivity index is 2.81. The maximum Gasteiger partial charge on any atom is 0.0963 e. The highest BCUT2D eigenvalue weighted by molar-refractivity contribution is 9.10. The van der Waals surface area contributed by atoms with Crippen LogP contribution in [0.1, 0.15) is 39.4 Å². The minimum absolute atomic E-state index is 0.0953. The van der Waals surface area contributed by atoms with E-state index in [4.69, 9.17) is 4.74 Å². The third kappa shape index (κ3) is 4.71. The molecule has 2 atom stereocenters. The molecule has 3 heteroatoms. The molecule has 0 amide bonds. The zero-order valence-corrected chi connectivity index (χ0v) is 13.3. The monoisotopic (exact) mass is 313 g/mol. The summed E-state index contributed by atoms with van der Waals surface area (Å²) >= 11 is 3.61. The fraction of sp³-hybridized carbons (Fsp3) is 0.600. The number of hydrogen-bond acceptors (Lipinski definition) is 2. The number of nitrogens with one attached hydrogen (secondary N) is 1. The van der Waals surface area contributed by atoms with Crippen molar-refractivity contribution in [2.24, 2.45) is 5.92 Å². The molecule has 0 aliphatic carbocycles. The van der Waals surface area contributed by atoms with Crippen LogP contribution in [0.25, 0.3) is 0 Å². The maximum atomic E-state index is 6.19. The average molecular weight is 314 g/mol. The maximum absolute atomic E-state index is 6.19. The number of halogens is 1. The number of hydrogen-bond donors (Lipinski definition) is 1. The van der Waals surface area contributed by atoms with Crippen molar-refractivity contribution in [2.45, 2.75) is 39.9 Å². The number of rotatable bonds is 7. The van der Waals surface area contributed by atoms with Crippen molar-refractivity contribution in [2.75, 3.05) is 13.1 Å². The minimum atomic E-state index is 0.0953. The minimum Gasteiger partial charge on any atom is -0.369 e. The first-order valence-corrected chi connectivity index (χ1v) is 7.46. The van der Waals surface area contributed by atoms with Gasteiger partial charge in [-0.05, 0) is 31.0 Å². The summed E-state index contributed by atoms with van der Waals surface area (Å²) in [6, 6.07) is 8.28. The van der Waals surface area contributed by atoms with Crippen LogP contribution in [0.2, 0.25) is 0 Å². The molecule has 1 rings (SSSR count). The fourth-order valence-electron chi connectivity index (χ4n) is 1.66. The van der Waals surface area contributed by atoms with Gasteiger partial charge in [-0.2, -0.15) is 0 Å². The van der Waals surface area contributed by atoms with Gasteiger partial charge in [-0.25, -0.2) is 0 Å². The van der Waals surface area contributed by atoms with E-state index in [1.807, 2.05) is 6.07 Å². The van der Waals surface area contributed by atoms with Gasteiger partial charge in [0.2, 0.25) is 0 Å². The summed E-state index contributed by atoms with van der Waals surface area (Å²) in [4.78, 5) is 0. The molecular formula is C15H24BrNO. The van der Waals surface area contributed by atoms with Gasteiger partial charge < -0.3 is 10.1 Å². The standard InChI is InChI=1S/C15H24BrNO/c1-5-17-10-15(18-12(4)11(2)3)13-8-6-7-9-14(13)16/h6-9,11-12,15,17H,5,10H2,1-4H3. The van der Waals surface area contributed by atoms with Gasteiger partial charge in [-0.15, -0.1) is 0 Å². The van der Waals surface area contributed by atoms with Gasteiger partial charge in [0.15, 0.2) is 0 Å². The van der Waals surface area contributed by atoms with Gasteiger partial charge in [-0.3, -0.25) is 0 Å². The Hall–Kier alpha value is -0.380. The van der Waals surface area contributed by atoms with Crippen LogP contribution in [-0.4, -0.2) is 19.2 Å². The summed E-state index contributed by atoms with van der Waals surface area (Å²) in [6.45, 7) is 10.4. The second-order valence-corrected chi connectivity index (χ2v) is 5.76. The first-order valence-electron chi connectivity index (χ1n) is 6.66. The molecule has 1 aromatic carbocycles. The lowest BCUT2D eigenvalue weighted by atomic mass is 10.1. The Morgan fingerprint density at radius 2 is 1.89 bits per heavy atom. The van der Waals surface area contributed by atoms with Crippen molar-refractivity contribution in [1.29, 1.82) is 0 Å². The summed E-state index contributed by atoms with van der Waals surface area (Å²) in [5.74, 6) is 0.525. The van der Waals surface area contributed by atoms with Crippen LogP contribution >= 0.6 is 15.9 Å². The SMILES string of the molecule is CCNCC(OC(C)C(C)C)c1ccccc1Br. The van der Waals surface area contributed by atoms with E-state index in [-0.39, 0.29) is 12.2 Å². The second kappa shape index (κ2) is 7.93. The molecule has 18 heavy (non-hydrogen) atoms. The molecular weight excluding hydrogens is 290 g/mol. The number of benzene rings is 1. The lowest BCUT2D eigenvalue weighted by Gasteiger charge is -2.26. The van der Waals surface area contributed by atoms with Gasteiger partial charge in [0, 0.05) is 11.0 Å². The Morgan fingerprint density at radius 1 is 1.22 bits per heavy atom. The molecule has 0 aliphatic heterocycles. The molecule has 2 unspecified atom stereocenters. The molecule has 0 spiro atoms. The van der Waals surface area contributed by atoms with Gasteiger partial charge in [0.1, 0.15) is 0 Å². The fourth-order valence-corrected chi connectivity index (χ4v) is 2.20. The van der Waals surface area contributed by atoms with E-state index in [1.54, 1.807) is 0 Å². The summed E-state index contributed by atoms with van der Waals surface area (Å²) in [5.41, 5.74) is 1.21. The first-order chi connectivity index (χ1) is 8.56. The summed E-state index contributed by atoms with van der Waals surface area (Å²) in [6.07, 6.45) is 0.346. The smallest absolute Gasteiger partial charge is 0.0963 e. The van der Waals surface area contributed by atoms with Crippen molar-refractivity contribution >= 4 is 15.9 Å². The van der Waals surface area contributed by atoms with Gasteiger partial charge in [0.25, 0.3) is 0 Å². The van der Waals surface area contributed by atoms with E-state index in [1.165, 1.54) is 5.56 Å². The number of ether oxygens (including phenoxy) is 1. The molecule has 102 valence electrons. The third-order valence-corrected chi connectivity index (χ3v) is 3.87. The van der Waals surface area contributed by atoms with Crippen molar-refractivity contribution in [3.8, 4) is 0 Å². The van der Waals surface area contributed by atoms with E-state index in [9.17, 15) is 0 Å². The molecule has 1 N–H and O–H groups in total. The lowest BCUT2D eigenvalue weighted by Crippen LogP contribution is -2.28. The molecule has 0 aliphatic rings. The molecule has 0 fully saturated rings. The molecule has 0 aromatic heterocycles. The lowest BCUT2D eigenvalue weighted by molar-refractivity contribution is -0.0260. The van der Waals surface area contributed by atoms with E-state index in [2.05, 4.69) is 67.1 Å². The van der Waals surface area contributed by atoms with E-state index >= 15 is 0 Å². The van der Waals surface area contributed by atoms with Crippen LogP contribution in [0.5, 0.6) is 0 Å². The quantitative estimate of drug-likeness (QED) is 0.816. The van der Waals surface area contributed by atoms with Crippen LogP contribution in [0, 0.1) is 5.92 Å². The molecule has 0 saturated heterocycles. The van der Waals surface area contributed by atoms with Crippen LogP contribution in [0.4, 0.5) is 0 Å². The molecule has 2 nitrogen and oxygen atoms in total. The molecule has 0 bridgehead atoms. The molecule has 1 aromatic rings. The van der Waals surface area contributed by atoms with Crippen LogP contribution in [-0.2, 0) is 4.74 Å². The summed E-state index contributed by atoms with van der Waals surface area (Å²) in [7, 11) is 0. The Morgan fingerprint density at radius 3 is 2.44 bits per heavy atom. The summed E-state index contributed by atoms with van der Waals surface area (Å²) in [5, 5.41) is 3.37. The molecule has 0 heterocycles. The van der Waals surface area contributed by atoms with E-state index < -0.39 is 0 Å². The molecule has 0 saturated carbocycles. The average Bonchev–Trinajstić information content (AvgIpc) is 2.35. The van der Waals surface area contributed by atoms with Crippen LogP contribution < -0.4 is 5.32 Å². The Labute approximate surface area is 119 Å². The van der Waals surface area contributed by atoms with Crippen molar-refractivity contribution in [3.05, 3.63) is 34.3 Å². The zero-order chi connectivity index (χ0) is 13.5. The highest BCUT2D eigenvalue weighted by Crippen LogP contribution is 2.27. The molecule has 0 radical (unpaired) electrons.